The highest BCUT2D eigenvalue weighted by Crippen LogP contribution is 2.13. The van der Waals surface area contributed by atoms with Crippen LogP contribution in [0.1, 0.15) is 5.76 Å². The van der Waals surface area contributed by atoms with Crippen LogP contribution in [0.2, 0.25) is 0 Å². The molecular weight excluding hydrogens is 194 g/mol. The smallest absolute Gasteiger partial charge is 0.193 e. The van der Waals surface area contributed by atoms with Crippen LogP contribution < -0.4 is 5.32 Å². The van der Waals surface area contributed by atoms with Gasteiger partial charge in [0.1, 0.15) is 5.76 Å². The SMILES string of the molecule is C=C=Cc1ccc(NCCOCCO)o1. The molecular formula is C11H15NO3. The molecule has 0 saturated heterocycles. The van der Waals surface area contributed by atoms with Gasteiger partial charge in [0.25, 0.3) is 0 Å². The molecule has 0 aromatic carbocycles. The van der Waals surface area contributed by atoms with Crippen molar-refractivity contribution in [2.45, 2.75) is 0 Å². The fraction of sp³-hybridized carbons (Fsp3) is 0.364. The first kappa shape index (κ1) is 11.6. The van der Waals surface area contributed by atoms with Gasteiger partial charge in [0.05, 0.1) is 19.8 Å². The van der Waals surface area contributed by atoms with E-state index in [9.17, 15) is 0 Å². The topological polar surface area (TPSA) is 54.6 Å². The van der Waals surface area contributed by atoms with Crippen molar-refractivity contribution < 1.29 is 14.3 Å². The second kappa shape index (κ2) is 6.90. The molecule has 82 valence electrons. The summed E-state index contributed by atoms with van der Waals surface area (Å²) in [6.07, 6.45) is 1.66. The largest absolute Gasteiger partial charge is 0.441 e. The van der Waals surface area contributed by atoms with Gasteiger partial charge < -0.3 is 19.6 Å². The van der Waals surface area contributed by atoms with E-state index in [0.717, 1.165) is 0 Å². The Morgan fingerprint density at radius 2 is 2.40 bits per heavy atom. The van der Waals surface area contributed by atoms with Gasteiger partial charge in [-0.2, -0.15) is 0 Å². The van der Waals surface area contributed by atoms with E-state index in [2.05, 4.69) is 17.6 Å². The number of hydrogen-bond acceptors (Lipinski definition) is 4. The van der Waals surface area contributed by atoms with Gasteiger partial charge in [-0.25, -0.2) is 0 Å². The number of aliphatic hydroxyl groups excluding tert-OH is 1. The summed E-state index contributed by atoms with van der Waals surface area (Å²) >= 11 is 0. The lowest BCUT2D eigenvalue weighted by atomic mass is 10.4. The van der Waals surface area contributed by atoms with Crippen LogP contribution in [0.15, 0.2) is 28.9 Å². The molecule has 0 unspecified atom stereocenters. The van der Waals surface area contributed by atoms with E-state index in [1.54, 1.807) is 6.08 Å². The first-order chi connectivity index (χ1) is 7.36. The van der Waals surface area contributed by atoms with E-state index in [4.69, 9.17) is 14.3 Å². The number of nitrogens with one attached hydrogen (secondary N) is 1. The minimum Gasteiger partial charge on any atom is -0.441 e. The van der Waals surface area contributed by atoms with Crippen molar-refractivity contribution in [1.29, 1.82) is 0 Å². The van der Waals surface area contributed by atoms with Gasteiger partial charge in [-0.3, -0.25) is 0 Å². The van der Waals surface area contributed by atoms with Crippen molar-refractivity contribution >= 4 is 12.0 Å². The zero-order valence-electron chi connectivity index (χ0n) is 8.53. The van der Waals surface area contributed by atoms with Crippen molar-refractivity contribution in [2.24, 2.45) is 0 Å². The summed E-state index contributed by atoms with van der Waals surface area (Å²) in [5.41, 5.74) is 2.63. The minimum atomic E-state index is 0.0506. The molecule has 0 amide bonds. The van der Waals surface area contributed by atoms with Gasteiger partial charge in [0, 0.05) is 18.7 Å². The van der Waals surface area contributed by atoms with Crippen molar-refractivity contribution in [3.05, 3.63) is 30.2 Å². The average molecular weight is 209 g/mol. The molecule has 4 nitrogen and oxygen atoms in total. The average Bonchev–Trinajstić information content (AvgIpc) is 2.66. The number of rotatable bonds is 7. The van der Waals surface area contributed by atoms with E-state index in [1.807, 2.05) is 12.1 Å². The molecule has 15 heavy (non-hydrogen) atoms. The first-order valence-corrected chi connectivity index (χ1v) is 4.75. The monoisotopic (exact) mass is 209 g/mol. The highest BCUT2D eigenvalue weighted by Gasteiger charge is 1.97. The van der Waals surface area contributed by atoms with Crippen molar-refractivity contribution in [1.82, 2.24) is 0 Å². The predicted molar refractivity (Wildman–Crippen MR) is 58.7 cm³/mol. The maximum absolute atomic E-state index is 8.46. The summed E-state index contributed by atoms with van der Waals surface area (Å²) in [6.45, 7) is 5.05. The van der Waals surface area contributed by atoms with Crippen molar-refractivity contribution in [3.63, 3.8) is 0 Å². The van der Waals surface area contributed by atoms with Gasteiger partial charge in [0.2, 0.25) is 0 Å². The predicted octanol–water partition coefficient (Wildman–Crippen LogP) is 1.50. The Hall–Kier alpha value is -1.48. The second-order valence-corrected chi connectivity index (χ2v) is 2.81. The number of ether oxygens (including phenoxy) is 1. The van der Waals surface area contributed by atoms with Gasteiger partial charge >= 0.3 is 0 Å². The highest BCUT2D eigenvalue weighted by molar-refractivity contribution is 5.46. The molecule has 0 aliphatic heterocycles. The summed E-state index contributed by atoms with van der Waals surface area (Å²) in [5, 5.41) is 11.5. The zero-order valence-corrected chi connectivity index (χ0v) is 8.53. The van der Waals surface area contributed by atoms with Gasteiger partial charge in [-0.05, 0) is 6.07 Å². The Balaban J connectivity index is 2.22. The fourth-order valence-corrected chi connectivity index (χ4v) is 1.04. The molecule has 4 heteroatoms. The Morgan fingerprint density at radius 1 is 1.53 bits per heavy atom. The third-order valence-electron chi connectivity index (χ3n) is 1.65. The van der Waals surface area contributed by atoms with Crippen molar-refractivity contribution in [3.8, 4) is 0 Å². The van der Waals surface area contributed by atoms with Gasteiger partial charge in [-0.15, -0.1) is 5.73 Å². The van der Waals surface area contributed by atoms with E-state index in [1.165, 1.54) is 0 Å². The van der Waals surface area contributed by atoms with Crippen LogP contribution >= 0.6 is 0 Å². The Kier molecular flexibility index (Phi) is 5.33. The first-order valence-electron chi connectivity index (χ1n) is 4.75. The zero-order chi connectivity index (χ0) is 10.9. The summed E-state index contributed by atoms with van der Waals surface area (Å²) in [4.78, 5) is 0. The van der Waals surface area contributed by atoms with E-state index in [-0.39, 0.29) is 6.61 Å². The van der Waals surface area contributed by atoms with Crippen LogP contribution in [0.5, 0.6) is 0 Å². The van der Waals surface area contributed by atoms with E-state index in [0.29, 0.717) is 31.4 Å². The standard InChI is InChI=1S/C11H15NO3/c1-2-3-10-4-5-11(15-10)12-6-8-14-9-7-13/h3-5,12-13H,1,6-9H2. The van der Waals surface area contributed by atoms with E-state index >= 15 is 0 Å². The van der Waals surface area contributed by atoms with Crippen LogP contribution in [-0.2, 0) is 4.74 Å². The molecule has 1 rings (SSSR count). The summed E-state index contributed by atoms with van der Waals surface area (Å²) in [5.74, 6) is 1.40. The molecule has 0 bridgehead atoms. The van der Waals surface area contributed by atoms with Crippen LogP contribution in [0.3, 0.4) is 0 Å². The molecule has 1 aromatic rings. The normalized spacial score (nSPS) is 9.67. The fourth-order valence-electron chi connectivity index (χ4n) is 1.04. The number of anilines is 1. The quantitative estimate of drug-likeness (QED) is 0.528. The Labute approximate surface area is 88.9 Å². The van der Waals surface area contributed by atoms with Crippen molar-refractivity contribution in [2.75, 3.05) is 31.7 Å². The lowest BCUT2D eigenvalue weighted by Crippen LogP contribution is -2.10. The lowest BCUT2D eigenvalue weighted by Gasteiger charge is -2.02. The Bertz CT molecular complexity index is 326. The second-order valence-electron chi connectivity index (χ2n) is 2.81. The molecule has 0 aliphatic carbocycles. The molecule has 0 aliphatic rings. The molecule has 1 heterocycles. The van der Waals surface area contributed by atoms with Crippen LogP contribution in [0.4, 0.5) is 5.88 Å². The number of aliphatic hydroxyl groups is 1. The van der Waals surface area contributed by atoms with Crippen LogP contribution in [-0.4, -0.2) is 31.5 Å². The maximum atomic E-state index is 8.46. The lowest BCUT2D eigenvalue weighted by molar-refractivity contribution is 0.0990. The molecule has 0 atom stereocenters. The van der Waals surface area contributed by atoms with Crippen LogP contribution in [0.25, 0.3) is 6.08 Å². The molecule has 0 spiro atoms. The Morgan fingerprint density at radius 3 is 3.13 bits per heavy atom. The molecule has 0 saturated carbocycles. The number of hydrogen-bond donors (Lipinski definition) is 2. The minimum absolute atomic E-state index is 0.0506. The highest BCUT2D eigenvalue weighted by atomic mass is 16.5. The maximum Gasteiger partial charge on any atom is 0.193 e. The third-order valence-corrected chi connectivity index (χ3v) is 1.65. The van der Waals surface area contributed by atoms with E-state index < -0.39 is 0 Å². The van der Waals surface area contributed by atoms with Gasteiger partial charge in [-0.1, -0.05) is 6.58 Å². The molecule has 0 radical (unpaired) electrons. The summed E-state index contributed by atoms with van der Waals surface area (Å²) in [7, 11) is 0. The summed E-state index contributed by atoms with van der Waals surface area (Å²) in [6, 6.07) is 3.66. The van der Waals surface area contributed by atoms with Crippen LogP contribution in [0, 0.1) is 0 Å². The summed E-state index contributed by atoms with van der Waals surface area (Å²) < 4.78 is 10.4. The third kappa shape index (κ3) is 4.51. The molecule has 2 N–H and O–H groups in total. The molecule has 0 fully saturated rings. The number of furan rings is 1. The molecule has 1 aromatic heterocycles. The van der Waals surface area contributed by atoms with Gasteiger partial charge in [0.15, 0.2) is 5.88 Å².